The van der Waals surface area contributed by atoms with E-state index in [4.69, 9.17) is 9.47 Å². The Balaban J connectivity index is 3.58. The lowest BCUT2D eigenvalue weighted by atomic mass is 10.3. The van der Waals surface area contributed by atoms with E-state index >= 15 is 0 Å². The van der Waals surface area contributed by atoms with Gasteiger partial charge in [-0.05, 0) is 26.8 Å². The molecule has 12 heavy (non-hydrogen) atoms. The topological polar surface area (TPSA) is 18.5 Å². The van der Waals surface area contributed by atoms with E-state index in [0.29, 0.717) is 13.2 Å². The van der Waals surface area contributed by atoms with Crippen molar-refractivity contribution in [3.63, 3.8) is 0 Å². The maximum absolute atomic E-state index is 5.33. The van der Waals surface area contributed by atoms with E-state index < -0.39 is 0 Å². The first-order valence-electron chi connectivity index (χ1n) is 4.19. The van der Waals surface area contributed by atoms with Crippen molar-refractivity contribution in [3.8, 4) is 0 Å². The minimum absolute atomic E-state index is 0.273. The van der Waals surface area contributed by atoms with E-state index in [0.717, 1.165) is 0 Å². The van der Waals surface area contributed by atoms with Crippen LogP contribution in [0.25, 0.3) is 0 Å². The molecule has 0 aliphatic carbocycles. The first kappa shape index (κ1) is 11.4. The van der Waals surface area contributed by atoms with Crippen LogP contribution in [0.15, 0.2) is 24.3 Å². The zero-order valence-electron chi connectivity index (χ0n) is 8.17. The van der Waals surface area contributed by atoms with Crippen LogP contribution in [-0.2, 0) is 9.47 Å². The van der Waals surface area contributed by atoms with Crippen molar-refractivity contribution in [2.45, 2.75) is 27.1 Å². The largest absolute Gasteiger partial charge is 0.349 e. The molecule has 0 aliphatic heterocycles. The summed E-state index contributed by atoms with van der Waals surface area (Å²) in [5.41, 5.74) is 1.24. The Labute approximate surface area is 74.9 Å². The molecular weight excluding hydrogens is 152 g/mol. The Kier molecular flexibility index (Phi) is 6.72. The maximum Gasteiger partial charge on any atom is 0.176 e. The molecule has 0 radical (unpaired) electrons. The van der Waals surface area contributed by atoms with Crippen LogP contribution in [0.4, 0.5) is 0 Å². The van der Waals surface area contributed by atoms with Crippen LogP contribution in [0, 0.1) is 0 Å². The molecule has 0 N–H and O–H groups in total. The number of hydrogen-bond donors (Lipinski definition) is 0. The number of ether oxygens (including phenoxy) is 2. The van der Waals surface area contributed by atoms with Gasteiger partial charge in [-0.3, -0.25) is 0 Å². The van der Waals surface area contributed by atoms with Crippen LogP contribution >= 0.6 is 0 Å². The summed E-state index contributed by atoms with van der Waals surface area (Å²) in [6.07, 6.45) is 3.39. The summed E-state index contributed by atoms with van der Waals surface area (Å²) < 4.78 is 10.5. The van der Waals surface area contributed by atoms with Crippen molar-refractivity contribution in [2.75, 3.05) is 13.2 Å². The zero-order valence-corrected chi connectivity index (χ0v) is 8.17. The second-order valence-electron chi connectivity index (χ2n) is 2.67. The third kappa shape index (κ3) is 6.13. The molecule has 1 atom stereocenters. The Morgan fingerprint density at radius 2 is 2.08 bits per heavy atom. The van der Waals surface area contributed by atoms with Crippen molar-refractivity contribution >= 4 is 0 Å². The summed E-state index contributed by atoms with van der Waals surface area (Å²) in [4.78, 5) is 0. The zero-order chi connectivity index (χ0) is 9.40. The van der Waals surface area contributed by atoms with Crippen molar-refractivity contribution in [1.29, 1.82) is 0 Å². The van der Waals surface area contributed by atoms with E-state index in [1.165, 1.54) is 5.57 Å². The molecule has 0 aromatic heterocycles. The number of rotatable bonds is 6. The molecule has 0 aromatic rings. The minimum Gasteiger partial charge on any atom is -0.349 e. The molecule has 0 aromatic carbocycles. The van der Waals surface area contributed by atoms with Crippen LogP contribution in [0.3, 0.4) is 0 Å². The summed E-state index contributed by atoms with van der Waals surface area (Å²) in [7, 11) is 0. The predicted molar refractivity (Wildman–Crippen MR) is 51.0 cm³/mol. The van der Waals surface area contributed by atoms with Gasteiger partial charge in [0.2, 0.25) is 0 Å². The second kappa shape index (κ2) is 7.07. The van der Waals surface area contributed by atoms with Gasteiger partial charge in [0.25, 0.3) is 0 Å². The molecule has 0 amide bonds. The second-order valence-corrected chi connectivity index (χ2v) is 2.67. The molecule has 1 unspecified atom stereocenters. The normalized spacial score (nSPS) is 12.2. The third-order valence-electron chi connectivity index (χ3n) is 1.28. The highest BCUT2D eigenvalue weighted by atomic mass is 16.7. The van der Waals surface area contributed by atoms with Gasteiger partial charge in [-0.15, -0.1) is 0 Å². The quantitative estimate of drug-likeness (QED) is 0.450. The first-order valence-corrected chi connectivity index (χ1v) is 4.19. The van der Waals surface area contributed by atoms with Gasteiger partial charge in [-0.2, -0.15) is 0 Å². The average molecular weight is 170 g/mol. The Bertz CT molecular complexity index is 146. The van der Waals surface area contributed by atoms with Gasteiger partial charge >= 0.3 is 0 Å². The number of hydrogen-bond acceptors (Lipinski definition) is 2. The Hall–Kier alpha value is -0.600. The Morgan fingerprint density at radius 1 is 1.42 bits per heavy atom. The van der Waals surface area contributed by atoms with Gasteiger partial charge in [0, 0.05) is 6.61 Å². The predicted octanol–water partition coefficient (Wildman–Crippen LogP) is 2.52. The molecule has 0 fully saturated rings. The summed E-state index contributed by atoms with van der Waals surface area (Å²) in [5, 5.41) is 0. The lowest BCUT2D eigenvalue weighted by molar-refractivity contribution is -0.0984. The molecular formula is C10H18O2. The highest BCUT2D eigenvalue weighted by Gasteiger charge is 1.99. The fraction of sp³-hybridized carbons (Fsp3) is 0.600. The van der Waals surface area contributed by atoms with Crippen molar-refractivity contribution in [1.82, 2.24) is 0 Å². The molecule has 0 spiro atoms. The van der Waals surface area contributed by atoms with Crippen molar-refractivity contribution < 1.29 is 9.47 Å². The molecule has 0 heterocycles. The molecule has 0 rings (SSSR count). The monoisotopic (exact) mass is 170 g/mol. The van der Waals surface area contributed by atoms with Crippen LogP contribution < -0.4 is 0 Å². The standard InChI is InChI=1S/C10H18O2/c1-5-10(11-6-2)12-8-7-9(3)4/h5,7,10H,1,6,8H2,2-4H3. The first-order chi connectivity index (χ1) is 5.70. The third-order valence-corrected chi connectivity index (χ3v) is 1.28. The Morgan fingerprint density at radius 3 is 2.50 bits per heavy atom. The van der Waals surface area contributed by atoms with Gasteiger partial charge < -0.3 is 9.47 Å². The fourth-order valence-electron chi connectivity index (χ4n) is 0.658. The highest BCUT2D eigenvalue weighted by molar-refractivity contribution is 4.93. The van der Waals surface area contributed by atoms with E-state index in [-0.39, 0.29) is 6.29 Å². The average Bonchev–Trinajstić information content (AvgIpc) is 2.02. The molecule has 70 valence electrons. The van der Waals surface area contributed by atoms with Crippen molar-refractivity contribution in [3.05, 3.63) is 24.3 Å². The maximum atomic E-state index is 5.33. The van der Waals surface area contributed by atoms with E-state index in [2.05, 4.69) is 6.58 Å². The molecule has 0 bridgehead atoms. The van der Waals surface area contributed by atoms with Crippen LogP contribution in [0.2, 0.25) is 0 Å². The molecule has 0 aliphatic rings. The SMILES string of the molecule is C=CC(OCC)OCC=C(C)C. The fourth-order valence-corrected chi connectivity index (χ4v) is 0.658. The van der Waals surface area contributed by atoms with Gasteiger partial charge in [-0.25, -0.2) is 0 Å². The minimum atomic E-state index is -0.273. The lowest BCUT2D eigenvalue weighted by Gasteiger charge is -2.11. The van der Waals surface area contributed by atoms with Gasteiger partial charge in [0.15, 0.2) is 6.29 Å². The molecule has 0 saturated carbocycles. The summed E-state index contributed by atoms with van der Waals surface area (Å²) in [6, 6.07) is 0. The van der Waals surface area contributed by atoms with Crippen LogP contribution in [-0.4, -0.2) is 19.5 Å². The smallest absolute Gasteiger partial charge is 0.176 e. The summed E-state index contributed by atoms with van der Waals surface area (Å²) in [5.74, 6) is 0. The summed E-state index contributed by atoms with van der Waals surface area (Å²) >= 11 is 0. The van der Waals surface area contributed by atoms with Crippen LogP contribution in [0.1, 0.15) is 20.8 Å². The van der Waals surface area contributed by atoms with Gasteiger partial charge in [-0.1, -0.05) is 18.2 Å². The number of allylic oxidation sites excluding steroid dienone is 1. The van der Waals surface area contributed by atoms with Gasteiger partial charge in [0.1, 0.15) is 0 Å². The molecule has 2 nitrogen and oxygen atoms in total. The highest BCUT2D eigenvalue weighted by Crippen LogP contribution is 1.97. The van der Waals surface area contributed by atoms with Gasteiger partial charge in [0.05, 0.1) is 6.61 Å². The van der Waals surface area contributed by atoms with E-state index in [9.17, 15) is 0 Å². The lowest BCUT2D eigenvalue weighted by Crippen LogP contribution is -2.14. The summed E-state index contributed by atoms with van der Waals surface area (Å²) in [6.45, 7) is 10.8. The van der Waals surface area contributed by atoms with Crippen LogP contribution in [0.5, 0.6) is 0 Å². The molecule has 2 heteroatoms. The van der Waals surface area contributed by atoms with E-state index in [1.54, 1.807) is 6.08 Å². The van der Waals surface area contributed by atoms with E-state index in [1.807, 2.05) is 26.8 Å². The van der Waals surface area contributed by atoms with Crippen molar-refractivity contribution in [2.24, 2.45) is 0 Å². The molecule has 0 saturated heterocycles.